The summed E-state index contributed by atoms with van der Waals surface area (Å²) in [5, 5.41) is 11.1. The van der Waals surface area contributed by atoms with Gasteiger partial charge in [-0.15, -0.1) is 5.10 Å². The normalized spacial score (nSPS) is 26.1. The van der Waals surface area contributed by atoms with Crippen LogP contribution in [-0.4, -0.2) is 58.1 Å². The van der Waals surface area contributed by atoms with Crippen molar-refractivity contribution >= 4 is 6.09 Å². The van der Waals surface area contributed by atoms with Crippen molar-refractivity contribution in [1.82, 2.24) is 20.4 Å². The van der Waals surface area contributed by atoms with Gasteiger partial charge in [0, 0.05) is 30.9 Å². The second-order valence-electron chi connectivity index (χ2n) is 9.99. The summed E-state index contributed by atoms with van der Waals surface area (Å²) < 4.78 is 25.2. The Morgan fingerprint density at radius 3 is 2.67 bits per heavy atom. The molecular formula is C25H33FN4O3. The molecule has 0 bridgehead atoms. The summed E-state index contributed by atoms with van der Waals surface area (Å²) in [6.45, 7) is 7.26. The summed E-state index contributed by atoms with van der Waals surface area (Å²) >= 11 is 0. The number of aromatic nitrogens is 2. The molecule has 33 heavy (non-hydrogen) atoms. The number of rotatable bonds is 5. The molecule has 2 fully saturated rings. The number of alkyl carbamates (subject to hydrolysis) is 1. The molecule has 1 amide bonds. The fraction of sp³-hybridized carbons (Fsp3) is 0.560. The van der Waals surface area contributed by atoms with Crippen LogP contribution < -0.4 is 10.1 Å². The molecule has 1 aliphatic heterocycles. The molecular weight excluding hydrogens is 423 g/mol. The van der Waals surface area contributed by atoms with Crippen LogP contribution in [0.5, 0.6) is 5.88 Å². The largest absolute Gasteiger partial charge is 0.472 e. The first-order valence-corrected chi connectivity index (χ1v) is 11.7. The van der Waals surface area contributed by atoms with E-state index in [0.29, 0.717) is 5.88 Å². The van der Waals surface area contributed by atoms with Gasteiger partial charge in [-0.1, -0.05) is 12.1 Å². The van der Waals surface area contributed by atoms with Gasteiger partial charge < -0.3 is 14.8 Å². The fourth-order valence-corrected chi connectivity index (χ4v) is 4.90. The second-order valence-corrected chi connectivity index (χ2v) is 9.99. The Labute approximate surface area is 194 Å². The molecule has 1 unspecified atom stereocenters. The number of ether oxygens (including phenoxy) is 2. The quantitative estimate of drug-likeness (QED) is 0.723. The van der Waals surface area contributed by atoms with Gasteiger partial charge in [0.15, 0.2) is 0 Å². The van der Waals surface area contributed by atoms with E-state index in [1.807, 2.05) is 45.0 Å². The molecule has 7 nitrogen and oxygen atoms in total. The lowest BCUT2D eigenvalue weighted by atomic mass is 9.97. The van der Waals surface area contributed by atoms with Crippen LogP contribution in [0.1, 0.15) is 57.9 Å². The van der Waals surface area contributed by atoms with Gasteiger partial charge in [-0.05, 0) is 82.7 Å². The minimum absolute atomic E-state index is 0.0237. The number of halogens is 1. The number of benzene rings is 1. The zero-order chi connectivity index (χ0) is 23.4. The Hall–Kier alpha value is -2.74. The molecule has 1 saturated carbocycles. The molecule has 2 heterocycles. The van der Waals surface area contributed by atoms with Crippen LogP contribution in [0.4, 0.5) is 9.18 Å². The van der Waals surface area contributed by atoms with E-state index < -0.39 is 5.60 Å². The average Bonchev–Trinajstić information content (AvgIpc) is 3.17. The predicted octanol–water partition coefficient (Wildman–Crippen LogP) is 4.30. The topological polar surface area (TPSA) is 76.6 Å². The van der Waals surface area contributed by atoms with Gasteiger partial charge in [0.25, 0.3) is 0 Å². The molecule has 1 aromatic carbocycles. The lowest BCUT2D eigenvalue weighted by Crippen LogP contribution is -2.54. The lowest BCUT2D eigenvalue weighted by molar-refractivity contribution is 0.0383. The van der Waals surface area contributed by atoms with E-state index in [-0.39, 0.29) is 36.0 Å². The first-order chi connectivity index (χ1) is 15.8. The number of likely N-dealkylation sites (tertiary alicyclic amines) is 1. The molecule has 2 aromatic rings. The van der Waals surface area contributed by atoms with E-state index >= 15 is 0 Å². The lowest BCUT2D eigenvalue weighted by Gasteiger charge is -2.39. The summed E-state index contributed by atoms with van der Waals surface area (Å²) in [5.41, 5.74) is 0.592. The van der Waals surface area contributed by atoms with E-state index in [0.717, 1.165) is 44.3 Å². The number of hydrogen-bond donors (Lipinski definition) is 1. The molecule has 4 atom stereocenters. The first kappa shape index (κ1) is 23.4. The molecule has 8 heteroatoms. The Morgan fingerprint density at radius 1 is 1.18 bits per heavy atom. The minimum atomic E-state index is -0.526. The highest BCUT2D eigenvalue weighted by Crippen LogP contribution is 2.39. The van der Waals surface area contributed by atoms with E-state index in [4.69, 9.17) is 9.47 Å². The maximum atomic E-state index is 13.5. The highest BCUT2D eigenvalue weighted by molar-refractivity contribution is 5.68. The van der Waals surface area contributed by atoms with Crippen molar-refractivity contribution in [2.24, 2.45) is 0 Å². The highest BCUT2D eigenvalue weighted by Gasteiger charge is 2.42. The Bertz CT molecular complexity index is 919. The zero-order valence-electron chi connectivity index (χ0n) is 19.5. The third kappa shape index (κ3) is 6.41. The number of carbonyl (C=O) groups is 1. The molecule has 1 saturated heterocycles. The Morgan fingerprint density at radius 2 is 1.97 bits per heavy atom. The maximum Gasteiger partial charge on any atom is 0.407 e. The standard InChI is InChI=1S/C25H33FN4O3/c1-25(2,3)33-24(31)28-20-6-5-13-30(16-20)21-14-18(17-8-10-19(26)11-9-17)15-22(21)32-23-7-4-12-27-29-23/h4,7-12,18,20-22H,5-6,13-16H2,1-3H3,(H,28,31)/t18-,20?,21-,22-/m1/s1. The van der Waals surface area contributed by atoms with E-state index in [9.17, 15) is 9.18 Å². The fourth-order valence-electron chi connectivity index (χ4n) is 4.90. The van der Waals surface area contributed by atoms with E-state index in [1.54, 1.807) is 6.20 Å². The number of nitrogens with zero attached hydrogens (tertiary/aromatic N) is 3. The van der Waals surface area contributed by atoms with E-state index in [1.165, 1.54) is 12.1 Å². The van der Waals surface area contributed by atoms with Crippen LogP contribution in [-0.2, 0) is 4.74 Å². The molecule has 1 N–H and O–H groups in total. The summed E-state index contributed by atoms with van der Waals surface area (Å²) in [6.07, 6.45) is 4.78. The minimum Gasteiger partial charge on any atom is -0.472 e. The molecule has 1 aromatic heterocycles. The smallest absolute Gasteiger partial charge is 0.407 e. The van der Waals surface area contributed by atoms with Crippen LogP contribution in [0.2, 0.25) is 0 Å². The molecule has 178 valence electrons. The van der Waals surface area contributed by atoms with Crippen LogP contribution in [0.25, 0.3) is 0 Å². The summed E-state index contributed by atoms with van der Waals surface area (Å²) in [4.78, 5) is 14.7. The van der Waals surface area contributed by atoms with Crippen molar-refractivity contribution < 1.29 is 18.7 Å². The van der Waals surface area contributed by atoms with Crippen LogP contribution in [0.15, 0.2) is 42.6 Å². The van der Waals surface area contributed by atoms with Crippen molar-refractivity contribution in [3.8, 4) is 5.88 Å². The number of amides is 1. The van der Waals surface area contributed by atoms with Crippen LogP contribution in [0, 0.1) is 5.82 Å². The molecule has 2 aliphatic rings. The maximum absolute atomic E-state index is 13.5. The number of hydrogen-bond acceptors (Lipinski definition) is 6. The van der Waals surface area contributed by atoms with Crippen molar-refractivity contribution in [3.63, 3.8) is 0 Å². The average molecular weight is 457 g/mol. The van der Waals surface area contributed by atoms with E-state index in [2.05, 4.69) is 20.4 Å². The van der Waals surface area contributed by atoms with Gasteiger partial charge in [-0.3, -0.25) is 4.90 Å². The molecule has 1 aliphatic carbocycles. The van der Waals surface area contributed by atoms with Crippen molar-refractivity contribution in [2.75, 3.05) is 13.1 Å². The summed E-state index contributed by atoms with van der Waals surface area (Å²) in [5.74, 6) is 0.539. The third-order valence-electron chi connectivity index (χ3n) is 6.28. The zero-order valence-corrected chi connectivity index (χ0v) is 19.5. The predicted molar refractivity (Wildman–Crippen MR) is 123 cm³/mol. The number of piperidine rings is 1. The monoisotopic (exact) mass is 456 g/mol. The van der Waals surface area contributed by atoms with Gasteiger partial charge in [-0.25, -0.2) is 9.18 Å². The summed E-state index contributed by atoms with van der Waals surface area (Å²) in [6, 6.07) is 10.6. The van der Waals surface area contributed by atoms with Gasteiger partial charge in [0.1, 0.15) is 17.5 Å². The molecule has 0 radical (unpaired) electrons. The van der Waals surface area contributed by atoms with Crippen molar-refractivity contribution in [3.05, 3.63) is 54.0 Å². The van der Waals surface area contributed by atoms with Crippen LogP contribution >= 0.6 is 0 Å². The van der Waals surface area contributed by atoms with Crippen molar-refractivity contribution in [1.29, 1.82) is 0 Å². The van der Waals surface area contributed by atoms with Crippen molar-refractivity contribution in [2.45, 2.75) is 76.2 Å². The number of nitrogens with one attached hydrogen (secondary N) is 1. The second kappa shape index (κ2) is 10.0. The summed E-state index contributed by atoms with van der Waals surface area (Å²) in [7, 11) is 0. The highest BCUT2D eigenvalue weighted by atomic mass is 19.1. The number of carbonyl (C=O) groups excluding carboxylic acids is 1. The first-order valence-electron chi connectivity index (χ1n) is 11.7. The van der Waals surface area contributed by atoms with Gasteiger partial charge in [0.2, 0.25) is 5.88 Å². The van der Waals surface area contributed by atoms with Crippen LogP contribution in [0.3, 0.4) is 0 Å². The Balaban J connectivity index is 1.47. The molecule has 4 rings (SSSR count). The van der Waals surface area contributed by atoms with Gasteiger partial charge in [0.05, 0.1) is 0 Å². The van der Waals surface area contributed by atoms with Gasteiger partial charge >= 0.3 is 6.09 Å². The SMILES string of the molecule is CC(C)(C)OC(=O)NC1CCCN([C@@H]2C[C@@H](c3ccc(F)cc3)C[C@H]2Oc2cccnn2)C1. The third-order valence-corrected chi connectivity index (χ3v) is 6.28. The Kier molecular flexibility index (Phi) is 7.12. The van der Waals surface area contributed by atoms with Gasteiger partial charge in [-0.2, -0.15) is 5.10 Å². The molecule has 0 spiro atoms.